The van der Waals surface area contributed by atoms with E-state index in [0.717, 1.165) is 55.4 Å². The zero-order chi connectivity index (χ0) is 18.8. The number of nitrogens with zero attached hydrogens (tertiary/aromatic N) is 3. The number of benzene rings is 2. The van der Waals surface area contributed by atoms with Gasteiger partial charge in [0, 0.05) is 50.7 Å². The van der Waals surface area contributed by atoms with E-state index in [4.69, 9.17) is 0 Å². The molecule has 5 nitrogen and oxygen atoms in total. The lowest BCUT2D eigenvalue weighted by molar-refractivity contribution is -0.138. The van der Waals surface area contributed by atoms with Gasteiger partial charge >= 0.3 is 0 Å². The van der Waals surface area contributed by atoms with Crippen molar-refractivity contribution in [3.63, 3.8) is 0 Å². The van der Waals surface area contributed by atoms with E-state index in [2.05, 4.69) is 11.9 Å². The normalized spacial score (nSPS) is 19.4. The highest BCUT2D eigenvalue weighted by molar-refractivity contribution is 6.07. The predicted octanol–water partition coefficient (Wildman–Crippen LogP) is 2.47. The maximum Gasteiger partial charge on any atom is 0.254 e. The van der Waals surface area contributed by atoms with Crippen molar-refractivity contribution in [3.05, 3.63) is 48.0 Å². The lowest BCUT2D eigenvalue weighted by Gasteiger charge is -2.37. The summed E-state index contributed by atoms with van der Waals surface area (Å²) < 4.78 is 0. The van der Waals surface area contributed by atoms with Crippen molar-refractivity contribution in [2.24, 2.45) is 5.92 Å². The molecule has 2 heterocycles. The number of likely N-dealkylation sites (tertiary alicyclic amines) is 1. The molecule has 2 aliphatic rings. The summed E-state index contributed by atoms with van der Waals surface area (Å²) in [6.07, 6.45) is 1.53. The van der Waals surface area contributed by atoms with Crippen LogP contribution in [0.4, 0.5) is 0 Å². The van der Waals surface area contributed by atoms with Crippen molar-refractivity contribution in [1.82, 2.24) is 14.7 Å². The van der Waals surface area contributed by atoms with E-state index in [1.54, 1.807) is 0 Å². The van der Waals surface area contributed by atoms with Crippen LogP contribution in [0.3, 0.4) is 0 Å². The Labute approximate surface area is 160 Å². The van der Waals surface area contributed by atoms with E-state index in [1.807, 2.05) is 52.3 Å². The van der Waals surface area contributed by atoms with Gasteiger partial charge in [0.15, 0.2) is 0 Å². The summed E-state index contributed by atoms with van der Waals surface area (Å²) in [5.74, 6) is 0.419. The minimum atomic E-state index is 0.0602. The van der Waals surface area contributed by atoms with E-state index >= 15 is 0 Å². The van der Waals surface area contributed by atoms with Gasteiger partial charge in [0.2, 0.25) is 5.91 Å². The van der Waals surface area contributed by atoms with Crippen LogP contribution >= 0.6 is 0 Å². The monoisotopic (exact) mass is 365 g/mol. The Morgan fingerprint density at radius 3 is 2.22 bits per heavy atom. The fraction of sp³-hybridized carbons (Fsp3) is 0.455. The molecule has 142 valence electrons. The van der Waals surface area contributed by atoms with E-state index in [9.17, 15) is 9.59 Å². The molecule has 0 unspecified atom stereocenters. The van der Waals surface area contributed by atoms with Gasteiger partial charge in [-0.3, -0.25) is 9.59 Å². The topological polar surface area (TPSA) is 43.9 Å². The van der Waals surface area contributed by atoms with Crippen molar-refractivity contribution in [1.29, 1.82) is 0 Å². The lowest BCUT2D eigenvalue weighted by Crippen LogP contribution is -2.51. The van der Waals surface area contributed by atoms with Crippen LogP contribution in [-0.2, 0) is 4.79 Å². The summed E-state index contributed by atoms with van der Waals surface area (Å²) in [5, 5.41) is 2.09. The number of piperidine rings is 1. The molecule has 0 saturated carbocycles. The maximum atomic E-state index is 13.1. The third kappa shape index (κ3) is 3.69. The number of rotatable bonds is 2. The highest BCUT2D eigenvalue weighted by atomic mass is 16.2. The largest absolute Gasteiger partial charge is 0.340 e. The lowest BCUT2D eigenvalue weighted by atomic mass is 9.94. The van der Waals surface area contributed by atoms with Crippen LogP contribution in [-0.4, -0.2) is 72.8 Å². The summed E-state index contributed by atoms with van der Waals surface area (Å²) in [5.41, 5.74) is 0.761. The Hall–Kier alpha value is -2.40. The van der Waals surface area contributed by atoms with Gasteiger partial charge in [0.05, 0.1) is 0 Å². The molecule has 0 N–H and O–H groups in total. The second-order valence-corrected chi connectivity index (χ2v) is 7.72. The zero-order valence-corrected chi connectivity index (χ0v) is 15.9. The van der Waals surface area contributed by atoms with E-state index in [-0.39, 0.29) is 17.7 Å². The predicted molar refractivity (Wildman–Crippen MR) is 107 cm³/mol. The summed E-state index contributed by atoms with van der Waals surface area (Å²) in [6.45, 7) is 4.86. The number of amides is 2. The molecule has 0 bridgehead atoms. The van der Waals surface area contributed by atoms with Crippen LogP contribution in [0.25, 0.3) is 10.8 Å². The fourth-order valence-electron chi connectivity index (χ4n) is 4.20. The number of hydrogen-bond donors (Lipinski definition) is 0. The van der Waals surface area contributed by atoms with Crippen LogP contribution in [0.1, 0.15) is 23.2 Å². The van der Waals surface area contributed by atoms with Crippen molar-refractivity contribution in [2.45, 2.75) is 12.8 Å². The van der Waals surface area contributed by atoms with Crippen LogP contribution in [0.15, 0.2) is 42.5 Å². The van der Waals surface area contributed by atoms with Gasteiger partial charge < -0.3 is 14.7 Å². The second kappa shape index (κ2) is 7.69. The first-order valence-corrected chi connectivity index (χ1v) is 9.88. The molecular weight excluding hydrogens is 338 g/mol. The van der Waals surface area contributed by atoms with Gasteiger partial charge in [-0.25, -0.2) is 0 Å². The van der Waals surface area contributed by atoms with Gasteiger partial charge in [-0.2, -0.15) is 0 Å². The molecule has 0 atom stereocenters. The number of likely N-dealkylation sites (N-methyl/N-ethyl adjacent to an activating group) is 1. The highest BCUT2D eigenvalue weighted by Gasteiger charge is 2.31. The fourth-order valence-corrected chi connectivity index (χ4v) is 4.20. The van der Waals surface area contributed by atoms with Gasteiger partial charge in [0.1, 0.15) is 0 Å². The maximum absolute atomic E-state index is 13.1. The number of carbonyl (C=O) groups is 2. The number of hydrogen-bond acceptors (Lipinski definition) is 3. The molecule has 2 aliphatic heterocycles. The van der Waals surface area contributed by atoms with E-state index < -0.39 is 0 Å². The quantitative estimate of drug-likeness (QED) is 0.821. The Kier molecular flexibility index (Phi) is 5.12. The van der Waals surface area contributed by atoms with Gasteiger partial charge in [0.25, 0.3) is 5.91 Å². The molecule has 5 heteroatoms. The van der Waals surface area contributed by atoms with E-state index in [1.165, 1.54) is 0 Å². The first kappa shape index (κ1) is 18.0. The standard InChI is InChI=1S/C22H27N3O2/c1-23-13-15-25(16-14-23)21(26)18-9-11-24(12-10-18)22(27)20-8-4-6-17-5-2-3-7-19(17)20/h2-8,18H,9-16H2,1H3. The summed E-state index contributed by atoms with van der Waals surface area (Å²) in [4.78, 5) is 32.0. The van der Waals surface area contributed by atoms with Gasteiger partial charge in [-0.1, -0.05) is 36.4 Å². The summed E-state index contributed by atoms with van der Waals surface area (Å²) >= 11 is 0. The van der Waals surface area contributed by atoms with Gasteiger partial charge in [-0.15, -0.1) is 0 Å². The Bertz CT molecular complexity index is 829. The summed E-state index contributed by atoms with van der Waals surface area (Å²) in [7, 11) is 2.10. The van der Waals surface area contributed by atoms with Crippen LogP contribution < -0.4 is 0 Å². The minimum absolute atomic E-state index is 0.0602. The molecule has 2 amide bonds. The molecule has 0 aliphatic carbocycles. The first-order chi connectivity index (χ1) is 13.1. The molecule has 27 heavy (non-hydrogen) atoms. The van der Waals surface area contributed by atoms with Gasteiger partial charge in [-0.05, 0) is 36.7 Å². The van der Waals surface area contributed by atoms with Crippen LogP contribution in [0, 0.1) is 5.92 Å². The molecule has 2 aromatic carbocycles. The average Bonchev–Trinajstić information content (AvgIpc) is 2.73. The van der Waals surface area contributed by atoms with Crippen LogP contribution in [0.2, 0.25) is 0 Å². The van der Waals surface area contributed by atoms with Crippen molar-refractivity contribution in [3.8, 4) is 0 Å². The zero-order valence-electron chi connectivity index (χ0n) is 15.9. The second-order valence-electron chi connectivity index (χ2n) is 7.72. The molecule has 4 rings (SSSR count). The SMILES string of the molecule is CN1CCN(C(=O)C2CCN(C(=O)c3cccc4ccccc34)CC2)CC1. The molecule has 2 aromatic rings. The smallest absolute Gasteiger partial charge is 0.254 e. The molecule has 0 spiro atoms. The Balaban J connectivity index is 1.40. The highest BCUT2D eigenvalue weighted by Crippen LogP contribution is 2.25. The molecule has 2 saturated heterocycles. The Morgan fingerprint density at radius 1 is 0.815 bits per heavy atom. The summed E-state index contributed by atoms with van der Waals surface area (Å²) in [6, 6.07) is 13.9. The van der Waals surface area contributed by atoms with Crippen molar-refractivity contribution in [2.75, 3.05) is 46.3 Å². The minimum Gasteiger partial charge on any atom is -0.340 e. The third-order valence-corrected chi connectivity index (χ3v) is 5.97. The number of piperazine rings is 1. The molecular formula is C22H27N3O2. The first-order valence-electron chi connectivity index (χ1n) is 9.88. The van der Waals surface area contributed by atoms with Crippen LogP contribution in [0.5, 0.6) is 0 Å². The third-order valence-electron chi connectivity index (χ3n) is 5.97. The molecule has 0 radical (unpaired) electrons. The Morgan fingerprint density at radius 2 is 1.48 bits per heavy atom. The molecule has 0 aromatic heterocycles. The number of carbonyl (C=O) groups excluding carboxylic acids is 2. The van der Waals surface area contributed by atoms with E-state index in [0.29, 0.717) is 13.1 Å². The number of fused-ring (bicyclic) bond motifs is 1. The van der Waals surface area contributed by atoms with Crippen molar-refractivity contribution >= 4 is 22.6 Å². The molecule has 2 fully saturated rings. The van der Waals surface area contributed by atoms with Crippen molar-refractivity contribution < 1.29 is 9.59 Å². The average molecular weight is 365 g/mol.